The first-order valence-corrected chi connectivity index (χ1v) is 9.99. The lowest BCUT2D eigenvalue weighted by Crippen LogP contribution is -2.27. The van der Waals surface area contributed by atoms with Gasteiger partial charge in [0.2, 0.25) is 0 Å². The van der Waals surface area contributed by atoms with Gasteiger partial charge in [-0.25, -0.2) is 0 Å². The lowest BCUT2D eigenvalue weighted by Gasteiger charge is -2.12. The van der Waals surface area contributed by atoms with E-state index in [9.17, 15) is 9.59 Å². The number of thioether (sulfide) groups is 1. The molecule has 0 saturated carbocycles. The molecule has 0 atom stereocenters. The van der Waals surface area contributed by atoms with Crippen molar-refractivity contribution in [2.24, 2.45) is 0 Å². The number of ether oxygens (including phenoxy) is 1. The Morgan fingerprint density at radius 1 is 0.897 bits per heavy atom. The monoisotopic (exact) mass is 401 g/mol. The number of nitrogens with zero attached hydrogens (tertiary/aromatic N) is 1. The molecule has 29 heavy (non-hydrogen) atoms. The number of carbonyl (C=O) groups is 2. The molecule has 2 amide bonds. The lowest BCUT2D eigenvalue weighted by atomic mass is 10.0. The van der Waals surface area contributed by atoms with Crippen LogP contribution in [0.15, 0.2) is 83.8 Å². The molecule has 4 rings (SSSR count). The minimum Gasteiger partial charge on any atom is -0.497 e. The molecular weight excluding hydrogens is 382 g/mol. The topological polar surface area (TPSA) is 46.6 Å². The maximum Gasteiger partial charge on any atom is 0.293 e. The minimum atomic E-state index is -0.249. The highest BCUT2D eigenvalue weighted by Crippen LogP contribution is 2.33. The Morgan fingerprint density at radius 3 is 2.38 bits per heavy atom. The molecule has 0 aromatic heterocycles. The zero-order chi connectivity index (χ0) is 20.2. The van der Waals surface area contributed by atoms with E-state index in [1.54, 1.807) is 13.2 Å². The Labute approximate surface area is 173 Å². The van der Waals surface area contributed by atoms with Crippen molar-refractivity contribution in [1.82, 2.24) is 4.90 Å². The largest absolute Gasteiger partial charge is 0.497 e. The molecule has 0 aliphatic carbocycles. The van der Waals surface area contributed by atoms with Gasteiger partial charge in [0, 0.05) is 0 Å². The number of amides is 2. The second-order valence-corrected chi connectivity index (χ2v) is 7.60. The molecule has 1 fully saturated rings. The van der Waals surface area contributed by atoms with Crippen LogP contribution in [0.1, 0.15) is 11.1 Å². The summed E-state index contributed by atoms with van der Waals surface area (Å²) in [5.41, 5.74) is 3.91. The van der Waals surface area contributed by atoms with E-state index in [1.165, 1.54) is 4.90 Å². The van der Waals surface area contributed by atoms with Crippen LogP contribution in [0.2, 0.25) is 0 Å². The molecule has 1 saturated heterocycles. The fraction of sp³-hybridized carbons (Fsp3) is 0.0833. The van der Waals surface area contributed by atoms with Gasteiger partial charge >= 0.3 is 0 Å². The normalized spacial score (nSPS) is 15.2. The molecule has 1 aliphatic rings. The van der Waals surface area contributed by atoms with E-state index in [0.717, 1.165) is 39.8 Å². The predicted molar refractivity (Wildman–Crippen MR) is 116 cm³/mol. The first-order valence-electron chi connectivity index (χ1n) is 9.18. The van der Waals surface area contributed by atoms with Gasteiger partial charge < -0.3 is 4.74 Å². The molecule has 4 nitrogen and oxygen atoms in total. The summed E-state index contributed by atoms with van der Waals surface area (Å²) in [6.07, 6.45) is 1.77. The summed E-state index contributed by atoms with van der Waals surface area (Å²) in [4.78, 5) is 26.7. The predicted octanol–water partition coefficient (Wildman–Crippen LogP) is 5.60. The molecule has 0 N–H and O–H groups in total. The molecule has 3 aromatic carbocycles. The van der Waals surface area contributed by atoms with Crippen LogP contribution in [0, 0.1) is 0 Å². The summed E-state index contributed by atoms with van der Waals surface area (Å²) in [5.74, 6) is 0.555. The average molecular weight is 401 g/mol. The average Bonchev–Trinajstić information content (AvgIpc) is 3.02. The van der Waals surface area contributed by atoms with E-state index in [2.05, 4.69) is 0 Å². The van der Waals surface area contributed by atoms with Gasteiger partial charge in [0.15, 0.2) is 0 Å². The standard InChI is InChI=1S/C24H19NO3S/c1-28-21-9-5-8-20(15-21)19-12-10-17(11-13-19)14-22-23(26)25(24(27)29-22)16-18-6-3-2-4-7-18/h2-15H,16H2,1H3/b22-14-. The van der Waals surface area contributed by atoms with Gasteiger partial charge in [-0.05, 0) is 52.2 Å². The van der Waals surface area contributed by atoms with Crippen LogP contribution in [0.3, 0.4) is 0 Å². The summed E-state index contributed by atoms with van der Waals surface area (Å²) in [5, 5.41) is -0.238. The van der Waals surface area contributed by atoms with Gasteiger partial charge in [-0.15, -0.1) is 0 Å². The van der Waals surface area contributed by atoms with E-state index < -0.39 is 0 Å². The maximum absolute atomic E-state index is 12.7. The number of imide groups is 1. The van der Waals surface area contributed by atoms with Gasteiger partial charge in [0.1, 0.15) is 5.75 Å². The van der Waals surface area contributed by atoms with Gasteiger partial charge in [0.05, 0.1) is 18.6 Å². The van der Waals surface area contributed by atoms with Crippen LogP contribution in [0.25, 0.3) is 17.2 Å². The highest BCUT2D eigenvalue weighted by Gasteiger charge is 2.34. The van der Waals surface area contributed by atoms with E-state index in [1.807, 2.05) is 78.9 Å². The number of rotatable bonds is 5. The number of carbonyl (C=O) groups excluding carboxylic acids is 2. The van der Waals surface area contributed by atoms with Crippen LogP contribution >= 0.6 is 11.8 Å². The van der Waals surface area contributed by atoms with Crippen LogP contribution in [0.5, 0.6) is 5.75 Å². The van der Waals surface area contributed by atoms with E-state index in [-0.39, 0.29) is 17.7 Å². The quantitative estimate of drug-likeness (QED) is 0.522. The maximum atomic E-state index is 12.7. The van der Waals surface area contributed by atoms with E-state index in [0.29, 0.717) is 4.91 Å². The van der Waals surface area contributed by atoms with Crippen LogP contribution in [-0.2, 0) is 11.3 Å². The smallest absolute Gasteiger partial charge is 0.293 e. The minimum absolute atomic E-state index is 0.238. The highest BCUT2D eigenvalue weighted by atomic mass is 32.2. The van der Waals surface area contributed by atoms with Gasteiger partial charge in [-0.1, -0.05) is 66.7 Å². The van der Waals surface area contributed by atoms with E-state index in [4.69, 9.17) is 4.74 Å². The zero-order valence-corrected chi connectivity index (χ0v) is 16.7. The molecule has 1 heterocycles. The molecule has 3 aromatic rings. The molecule has 0 unspecified atom stereocenters. The molecule has 5 heteroatoms. The lowest BCUT2D eigenvalue weighted by molar-refractivity contribution is -0.123. The first kappa shape index (κ1) is 19.0. The van der Waals surface area contributed by atoms with Crippen molar-refractivity contribution in [3.63, 3.8) is 0 Å². The third kappa shape index (κ3) is 4.25. The second-order valence-electron chi connectivity index (χ2n) is 6.61. The molecule has 144 valence electrons. The summed E-state index contributed by atoms with van der Waals surface area (Å²) in [6.45, 7) is 0.289. The van der Waals surface area contributed by atoms with Crippen molar-refractivity contribution in [3.8, 4) is 16.9 Å². The Morgan fingerprint density at radius 2 is 1.66 bits per heavy atom. The molecular formula is C24H19NO3S. The van der Waals surface area contributed by atoms with Gasteiger partial charge in [0.25, 0.3) is 11.1 Å². The molecule has 1 aliphatic heterocycles. The van der Waals surface area contributed by atoms with Crippen LogP contribution in [-0.4, -0.2) is 23.2 Å². The summed E-state index contributed by atoms with van der Waals surface area (Å²) < 4.78 is 5.28. The SMILES string of the molecule is COc1cccc(-c2ccc(/C=C3\SC(=O)N(Cc4ccccc4)C3=O)cc2)c1. The zero-order valence-electron chi connectivity index (χ0n) is 15.9. The molecule has 0 bridgehead atoms. The Kier molecular flexibility index (Phi) is 5.49. The molecule has 0 radical (unpaired) electrons. The van der Waals surface area contributed by atoms with Crippen molar-refractivity contribution < 1.29 is 14.3 Å². The van der Waals surface area contributed by atoms with Crippen molar-refractivity contribution >= 4 is 29.0 Å². The highest BCUT2D eigenvalue weighted by molar-refractivity contribution is 8.18. The fourth-order valence-electron chi connectivity index (χ4n) is 3.13. The van der Waals surface area contributed by atoms with Crippen molar-refractivity contribution in [2.45, 2.75) is 6.54 Å². The first-order chi connectivity index (χ1) is 14.1. The van der Waals surface area contributed by atoms with Crippen molar-refractivity contribution in [2.75, 3.05) is 7.11 Å². The third-order valence-corrected chi connectivity index (χ3v) is 5.58. The summed E-state index contributed by atoms with van der Waals surface area (Å²) in [6, 6.07) is 25.2. The summed E-state index contributed by atoms with van der Waals surface area (Å²) >= 11 is 0.983. The Hall–Kier alpha value is -3.31. The van der Waals surface area contributed by atoms with Crippen molar-refractivity contribution in [1.29, 1.82) is 0 Å². The Bertz CT molecular complexity index is 1070. The van der Waals surface area contributed by atoms with Crippen LogP contribution in [0.4, 0.5) is 4.79 Å². The second kappa shape index (κ2) is 8.37. The van der Waals surface area contributed by atoms with Crippen molar-refractivity contribution in [3.05, 3.63) is 94.9 Å². The van der Waals surface area contributed by atoms with Crippen LogP contribution < -0.4 is 4.74 Å². The van der Waals surface area contributed by atoms with Gasteiger partial charge in [-0.2, -0.15) is 0 Å². The number of hydrogen-bond donors (Lipinski definition) is 0. The summed E-state index contributed by atoms with van der Waals surface area (Å²) in [7, 11) is 1.65. The Balaban J connectivity index is 1.52. The number of methoxy groups -OCH3 is 1. The molecule has 0 spiro atoms. The van der Waals surface area contributed by atoms with E-state index >= 15 is 0 Å². The number of benzene rings is 3. The van der Waals surface area contributed by atoms with Gasteiger partial charge in [-0.3, -0.25) is 14.5 Å². The third-order valence-electron chi connectivity index (χ3n) is 4.67. The fourth-order valence-corrected chi connectivity index (χ4v) is 3.97. The number of hydrogen-bond acceptors (Lipinski definition) is 4.